The normalized spacial score (nSPS) is 12.6. The van der Waals surface area contributed by atoms with Crippen LogP contribution in [0.1, 0.15) is 43.6 Å². The van der Waals surface area contributed by atoms with Crippen LogP contribution in [0.2, 0.25) is 0 Å². The van der Waals surface area contributed by atoms with Gasteiger partial charge in [0.05, 0.1) is 4.90 Å². The predicted octanol–water partition coefficient (Wildman–Crippen LogP) is 2.79. The summed E-state index contributed by atoms with van der Waals surface area (Å²) in [7, 11) is -3.68. The van der Waals surface area contributed by atoms with Crippen molar-refractivity contribution in [1.29, 1.82) is 0 Å². The number of hydrogen-bond acceptors (Lipinski definition) is 4. The lowest BCUT2D eigenvalue weighted by atomic mass is 10.0. The first kappa shape index (κ1) is 24.6. The van der Waals surface area contributed by atoms with E-state index in [9.17, 15) is 18.0 Å². The molecule has 2 N–H and O–H groups in total. The minimum Gasteiger partial charge on any atom is -0.350 e. The maximum absolute atomic E-state index is 12.8. The second-order valence-electron chi connectivity index (χ2n) is 7.52. The maximum Gasteiger partial charge on any atom is 0.251 e. The highest BCUT2D eigenvalue weighted by Crippen LogP contribution is 2.17. The summed E-state index contributed by atoms with van der Waals surface area (Å²) in [5, 5.41) is 5.59. The highest BCUT2D eigenvalue weighted by molar-refractivity contribution is 7.89. The van der Waals surface area contributed by atoms with Crippen LogP contribution in [0.4, 0.5) is 0 Å². The molecule has 0 aliphatic rings. The van der Waals surface area contributed by atoms with Crippen LogP contribution in [0.5, 0.6) is 0 Å². The lowest BCUT2D eigenvalue weighted by molar-refractivity contribution is -0.124. The van der Waals surface area contributed by atoms with E-state index >= 15 is 0 Å². The van der Waals surface area contributed by atoms with Crippen molar-refractivity contribution in [1.82, 2.24) is 14.9 Å². The fourth-order valence-corrected chi connectivity index (χ4v) is 4.67. The molecule has 8 heteroatoms. The van der Waals surface area contributed by atoms with E-state index in [1.807, 2.05) is 44.2 Å². The Balaban J connectivity index is 2.15. The summed E-state index contributed by atoms with van der Waals surface area (Å²) >= 11 is 0. The van der Waals surface area contributed by atoms with Gasteiger partial charge >= 0.3 is 0 Å². The van der Waals surface area contributed by atoms with Crippen molar-refractivity contribution in [2.75, 3.05) is 13.1 Å². The second-order valence-corrected chi connectivity index (χ2v) is 9.45. The van der Waals surface area contributed by atoms with E-state index in [-0.39, 0.29) is 22.3 Å². The molecule has 0 aliphatic carbocycles. The maximum atomic E-state index is 12.8. The third kappa shape index (κ3) is 6.38. The summed E-state index contributed by atoms with van der Waals surface area (Å²) in [4.78, 5) is 25.6. The standard InChI is InChI=1S/C23H31N3O4S/c1-5-26(6-2)31(29,30)20-14-10-13-19(15-20)22(27)25-21(17(3)4)23(28)24-16-18-11-8-7-9-12-18/h7-15,17,21H,5-6,16H2,1-4H3,(H,24,28)(H,25,27)/t21-/m0/s1. The predicted molar refractivity (Wildman–Crippen MR) is 121 cm³/mol. The van der Waals surface area contributed by atoms with Crippen LogP contribution < -0.4 is 10.6 Å². The smallest absolute Gasteiger partial charge is 0.251 e. The minimum absolute atomic E-state index is 0.0541. The number of hydrogen-bond donors (Lipinski definition) is 2. The Morgan fingerprint density at radius 1 is 0.968 bits per heavy atom. The van der Waals surface area contributed by atoms with Gasteiger partial charge in [0.15, 0.2) is 0 Å². The zero-order valence-electron chi connectivity index (χ0n) is 18.5. The van der Waals surface area contributed by atoms with Crippen molar-refractivity contribution < 1.29 is 18.0 Å². The van der Waals surface area contributed by atoms with Gasteiger partial charge in [-0.3, -0.25) is 9.59 Å². The van der Waals surface area contributed by atoms with E-state index in [0.717, 1.165) is 5.56 Å². The molecule has 2 rings (SSSR count). The van der Waals surface area contributed by atoms with E-state index in [1.54, 1.807) is 13.8 Å². The Labute approximate surface area is 184 Å². The number of nitrogens with zero attached hydrogens (tertiary/aromatic N) is 1. The molecule has 2 aromatic carbocycles. The molecule has 0 aromatic heterocycles. The molecule has 0 unspecified atom stereocenters. The largest absolute Gasteiger partial charge is 0.350 e. The van der Waals surface area contributed by atoms with Gasteiger partial charge in [-0.25, -0.2) is 8.42 Å². The number of rotatable bonds is 10. The van der Waals surface area contributed by atoms with Gasteiger partial charge in [-0.1, -0.05) is 64.1 Å². The van der Waals surface area contributed by atoms with E-state index in [1.165, 1.54) is 28.6 Å². The molecule has 0 spiro atoms. The number of sulfonamides is 1. The summed E-state index contributed by atoms with van der Waals surface area (Å²) in [6.07, 6.45) is 0. The van der Waals surface area contributed by atoms with Crippen molar-refractivity contribution >= 4 is 21.8 Å². The molecular weight excluding hydrogens is 414 g/mol. The Kier molecular flexibility index (Phi) is 8.76. The monoisotopic (exact) mass is 445 g/mol. The Bertz CT molecular complexity index is 987. The second kappa shape index (κ2) is 11.1. The van der Waals surface area contributed by atoms with Gasteiger partial charge in [0.1, 0.15) is 6.04 Å². The van der Waals surface area contributed by atoms with Gasteiger partial charge in [0, 0.05) is 25.2 Å². The Morgan fingerprint density at radius 2 is 1.61 bits per heavy atom. The van der Waals surface area contributed by atoms with Crippen LogP contribution in [-0.4, -0.2) is 43.7 Å². The van der Waals surface area contributed by atoms with Crippen LogP contribution in [0.3, 0.4) is 0 Å². The van der Waals surface area contributed by atoms with Crippen molar-refractivity contribution in [3.05, 3.63) is 65.7 Å². The van der Waals surface area contributed by atoms with Gasteiger partial charge < -0.3 is 10.6 Å². The van der Waals surface area contributed by atoms with Crippen LogP contribution in [0.15, 0.2) is 59.5 Å². The highest BCUT2D eigenvalue weighted by atomic mass is 32.2. The number of nitrogens with one attached hydrogen (secondary N) is 2. The summed E-state index contributed by atoms with van der Waals surface area (Å²) < 4.78 is 26.8. The molecule has 1 atom stereocenters. The summed E-state index contributed by atoms with van der Waals surface area (Å²) in [5.41, 5.74) is 1.15. The average Bonchev–Trinajstić information content (AvgIpc) is 2.77. The van der Waals surface area contributed by atoms with Crippen molar-refractivity contribution in [3.8, 4) is 0 Å². The molecule has 7 nitrogen and oxygen atoms in total. The van der Waals surface area contributed by atoms with Crippen LogP contribution in [0.25, 0.3) is 0 Å². The molecule has 0 radical (unpaired) electrons. The first-order valence-corrected chi connectivity index (χ1v) is 11.9. The summed E-state index contributed by atoms with van der Waals surface area (Å²) in [6.45, 7) is 8.25. The van der Waals surface area contributed by atoms with E-state index in [0.29, 0.717) is 19.6 Å². The van der Waals surface area contributed by atoms with E-state index < -0.39 is 22.0 Å². The zero-order valence-corrected chi connectivity index (χ0v) is 19.3. The fraction of sp³-hybridized carbons (Fsp3) is 0.391. The molecule has 0 saturated carbocycles. The lowest BCUT2D eigenvalue weighted by Gasteiger charge is -2.22. The van der Waals surface area contributed by atoms with Crippen molar-refractivity contribution in [2.24, 2.45) is 5.92 Å². The summed E-state index contributed by atoms with van der Waals surface area (Å²) in [5.74, 6) is -0.938. The molecule has 2 amide bonds. The zero-order chi connectivity index (χ0) is 23.0. The van der Waals surface area contributed by atoms with Gasteiger partial charge in [-0.2, -0.15) is 4.31 Å². The molecule has 31 heavy (non-hydrogen) atoms. The summed E-state index contributed by atoms with van der Waals surface area (Å²) in [6, 6.07) is 14.6. The Morgan fingerprint density at radius 3 is 2.19 bits per heavy atom. The third-order valence-electron chi connectivity index (χ3n) is 4.98. The topological polar surface area (TPSA) is 95.6 Å². The molecule has 0 saturated heterocycles. The molecule has 0 bridgehead atoms. The quantitative estimate of drug-likeness (QED) is 0.588. The molecule has 0 aliphatic heterocycles. The van der Waals surface area contributed by atoms with Crippen LogP contribution >= 0.6 is 0 Å². The number of amides is 2. The molecular formula is C23H31N3O4S. The third-order valence-corrected chi connectivity index (χ3v) is 7.03. The number of carbonyl (C=O) groups excluding carboxylic acids is 2. The number of carbonyl (C=O) groups is 2. The highest BCUT2D eigenvalue weighted by Gasteiger charge is 2.26. The first-order valence-electron chi connectivity index (χ1n) is 10.4. The van der Waals surface area contributed by atoms with Gasteiger partial charge in [0.2, 0.25) is 15.9 Å². The lowest BCUT2D eigenvalue weighted by Crippen LogP contribution is -2.49. The molecule has 2 aromatic rings. The molecule has 0 heterocycles. The van der Waals surface area contributed by atoms with Gasteiger partial charge in [0.25, 0.3) is 5.91 Å². The molecule has 168 valence electrons. The van der Waals surface area contributed by atoms with Crippen molar-refractivity contribution in [2.45, 2.75) is 45.2 Å². The van der Waals surface area contributed by atoms with Crippen molar-refractivity contribution in [3.63, 3.8) is 0 Å². The molecule has 0 fully saturated rings. The van der Waals surface area contributed by atoms with E-state index in [4.69, 9.17) is 0 Å². The fourth-order valence-electron chi connectivity index (χ4n) is 3.16. The number of benzene rings is 2. The van der Waals surface area contributed by atoms with Crippen LogP contribution in [-0.2, 0) is 21.4 Å². The van der Waals surface area contributed by atoms with Crippen LogP contribution in [0, 0.1) is 5.92 Å². The average molecular weight is 446 g/mol. The van der Waals surface area contributed by atoms with Gasteiger partial charge in [-0.15, -0.1) is 0 Å². The van der Waals surface area contributed by atoms with E-state index in [2.05, 4.69) is 10.6 Å². The Hall–Kier alpha value is -2.71. The SMILES string of the molecule is CCN(CC)S(=O)(=O)c1cccc(C(=O)N[C@H](C(=O)NCc2ccccc2)C(C)C)c1. The first-order chi connectivity index (χ1) is 14.7. The minimum atomic E-state index is -3.68. The van der Waals surface area contributed by atoms with Gasteiger partial charge in [-0.05, 0) is 29.7 Å².